The third-order valence-electron chi connectivity index (χ3n) is 3.71. The van der Waals surface area contributed by atoms with E-state index in [0.717, 1.165) is 23.7 Å². The zero-order chi connectivity index (χ0) is 13.1. The van der Waals surface area contributed by atoms with Gasteiger partial charge in [0.2, 0.25) is 0 Å². The molecule has 3 rings (SSSR count). The smallest absolute Gasteiger partial charge is 0.0951 e. The van der Waals surface area contributed by atoms with Crippen LogP contribution in [0.4, 0.5) is 0 Å². The number of piperidine rings is 1. The van der Waals surface area contributed by atoms with E-state index < -0.39 is 0 Å². The highest BCUT2D eigenvalue weighted by Crippen LogP contribution is 2.24. The molecule has 0 aliphatic carbocycles. The summed E-state index contributed by atoms with van der Waals surface area (Å²) in [5.41, 5.74) is 2.40. The molecule has 1 N–H and O–H groups in total. The first-order valence-corrected chi connectivity index (χ1v) is 7.19. The van der Waals surface area contributed by atoms with Gasteiger partial charge in [0.25, 0.3) is 0 Å². The fraction of sp³-hybridized carbons (Fsp3) is 0.400. The van der Waals surface area contributed by atoms with Gasteiger partial charge >= 0.3 is 0 Å². The van der Waals surface area contributed by atoms with Gasteiger partial charge in [0.15, 0.2) is 0 Å². The monoisotopic (exact) mass is 275 g/mol. The maximum atomic E-state index is 6.23. The Kier molecular flexibility index (Phi) is 3.85. The fourth-order valence-electron chi connectivity index (χ4n) is 2.67. The van der Waals surface area contributed by atoms with Crippen molar-refractivity contribution in [3.63, 3.8) is 0 Å². The zero-order valence-electron chi connectivity index (χ0n) is 10.8. The molecule has 0 bridgehead atoms. The summed E-state index contributed by atoms with van der Waals surface area (Å²) in [5.74, 6) is 0. The van der Waals surface area contributed by atoms with Gasteiger partial charge < -0.3 is 9.88 Å². The zero-order valence-corrected chi connectivity index (χ0v) is 11.6. The predicted octanol–water partition coefficient (Wildman–Crippen LogP) is 3.40. The van der Waals surface area contributed by atoms with Crippen molar-refractivity contribution in [2.45, 2.75) is 31.8 Å². The SMILES string of the molecule is Clc1ccccc1Cn1cncc1C1CCCCN1. The molecule has 1 aliphatic rings. The lowest BCUT2D eigenvalue weighted by atomic mass is 10.0. The minimum absolute atomic E-state index is 0.429. The summed E-state index contributed by atoms with van der Waals surface area (Å²) in [7, 11) is 0. The molecule has 1 aromatic heterocycles. The molecule has 1 aromatic carbocycles. The first-order valence-electron chi connectivity index (χ1n) is 6.81. The lowest BCUT2D eigenvalue weighted by Crippen LogP contribution is -2.28. The molecule has 0 radical (unpaired) electrons. The van der Waals surface area contributed by atoms with Gasteiger partial charge in [0, 0.05) is 17.3 Å². The summed E-state index contributed by atoms with van der Waals surface area (Å²) < 4.78 is 2.20. The van der Waals surface area contributed by atoms with Crippen LogP contribution in [0.25, 0.3) is 0 Å². The maximum Gasteiger partial charge on any atom is 0.0951 e. The molecule has 1 unspecified atom stereocenters. The van der Waals surface area contributed by atoms with E-state index in [2.05, 4.69) is 20.9 Å². The van der Waals surface area contributed by atoms with Crippen LogP contribution in [-0.4, -0.2) is 16.1 Å². The Balaban J connectivity index is 1.82. The van der Waals surface area contributed by atoms with Crippen LogP contribution in [0.2, 0.25) is 5.02 Å². The fourth-order valence-corrected chi connectivity index (χ4v) is 2.86. The first kappa shape index (κ1) is 12.7. The number of hydrogen-bond acceptors (Lipinski definition) is 2. The number of hydrogen-bond donors (Lipinski definition) is 1. The van der Waals surface area contributed by atoms with Crippen LogP contribution in [0.1, 0.15) is 36.6 Å². The van der Waals surface area contributed by atoms with Gasteiger partial charge in [0.05, 0.1) is 18.6 Å². The summed E-state index contributed by atoms with van der Waals surface area (Å²) >= 11 is 6.23. The van der Waals surface area contributed by atoms with Crippen LogP contribution >= 0.6 is 11.6 Å². The number of nitrogens with zero attached hydrogens (tertiary/aromatic N) is 2. The third-order valence-corrected chi connectivity index (χ3v) is 4.08. The summed E-state index contributed by atoms with van der Waals surface area (Å²) in [5, 5.41) is 4.39. The largest absolute Gasteiger partial charge is 0.329 e. The number of imidazole rings is 1. The van der Waals surface area contributed by atoms with E-state index >= 15 is 0 Å². The number of rotatable bonds is 3. The summed E-state index contributed by atoms with van der Waals surface area (Å²) in [4.78, 5) is 4.30. The molecule has 2 aromatic rings. The average Bonchev–Trinajstić information content (AvgIpc) is 2.91. The van der Waals surface area contributed by atoms with Crippen LogP contribution in [-0.2, 0) is 6.54 Å². The Labute approximate surface area is 118 Å². The minimum atomic E-state index is 0.429. The second-order valence-corrected chi connectivity index (χ2v) is 5.45. The first-order chi connectivity index (χ1) is 9.34. The highest BCUT2D eigenvalue weighted by atomic mass is 35.5. The molecule has 0 amide bonds. The Bertz CT molecular complexity index is 544. The van der Waals surface area contributed by atoms with Crippen LogP contribution in [0, 0.1) is 0 Å². The lowest BCUT2D eigenvalue weighted by molar-refractivity contribution is 0.396. The Morgan fingerprint density at radius 1 is 1.32 bits per heavy atom. The van der Waals surface area contributed by atoms with Gasteiger partial charge in [-0.1, -0.05) is 36.2 Å². The van der Waals surface area contributed by atoms with Crippen LogP contribution in [0.15, 0.2) is 36.8 Å². The quantitative estimate of drug-likeness (QED) is 0.930. The number of benzene rings is 1. The summed E-state index contributed by atoms with van der Waals surface area (Å²) in [6.07, 6.45) is 7.62. The molecule has 4 heteroatoms. The molecular weight excluding hydrogens is 258 g/mol. The van der Waals surface area contributed by atoms with E-state index in [1.165, 1.54) is 25.0 Å². The molecule has 1 fully saturated rings. The molecule has 19 heavy (non-hydrogen) atoms. The molecule has 1 atom stereocenters. The van der Waals surface area contributed by atoms with Crippen molar-refractivity contribution < 1.29 is 0 Å². The standard InChI is InChI=1S/C15H18ClN3/c16-13-6-2-1-5-12(13)10-19-11-17-9-15(19)14-7-3-4-8-18-14/h1-2,5-6,9,11,14,18H,3-4,7-8,10H2. The van der Waals surface area contributed by atoms with Crippen molar-refractivity contribution in [1.29, 1.82) is 0 Å². The minimum Gasteiger partial charge on any atom is -0.329 e. The van der Waals surface area contributed by atoms with Gasteiger partial charge in [-0.3, -0.25) is 0 Å². The normalized spacial score (nSPS) is 19.5. The molecule has 1 aliphatic heterocycles. The van der Waals surface area contributed by atoms with E-state index in [0.29, 0.717) is 6.04 Å². The molecule has 2 heterocycles. The highest BCUT2D eigenvalue weighted by molar-refractivity contribution is 6.31. The van der Waals surface area contributed by atoms with Gasteiger partial charge in [-0.2, -0.15) is 0 Å². The summed E-state index contributed by atoms with van der Waals surface area (Å²) in [6, 6.07) is 8.42. The Hall–Kier alpha value is -1.32. The summed E-state index contributed by atoms with van der Waals surface area (Å²) in [6.45, 7) is 1.88. The maximum absolute atomic E-state index is 6.23. The van der Waals surface area contributed by atoms with Crippen LogP contribution in [0.3, 0.4) is 0 Å². The van der Waals surface area contributed by atoms with Crippen molar-refractivity contribution in [2.75, 3.05) is 6.54 Å². The third kappa shape index (κ3) is 2.82. The van der Waals surface area contributed by atoms with Gasteiger partial charge in [-0.05, 0) is 31.0 Å². The van der Waals surface area contributed by atoms with E-state index in [4.69, 9.17) is 11.6 Å². The van der Waals surface area contributed by atoms with Crippen molar-refractivity contribution in [3.8, 4) is 0 Å². The van der Waals surface area contributed by atoms with Crippen LogP contribution in [0.5, 0.6) is 0 Å². The molecule has 1 saturated heterocycles. The van der Waals surface area contributed by atoms with E-state index in [1.54, 1.807) is 0 Å². The number of halogens is 1. The molecule has 3 nitrogen and oxygen atoms in total. The lowest BCUT2D eigenvalue weighted by Gasteiger charge is -2.24. The van der Waals surface area contributed by atoms with E-state index in [-0.39, 0.29) is 0 Å². The molecular formula is C15H18ClN3. The Morgan fingerprint density at radius 2 is 2.21 bits per heavy atom. The van der Waals surface area contributed by atoms with Gasteiger partial charge in [-0.25, -0.2) is 4.98 Å². The van der Waals surface area contributed by atoms with E-state index in [1.807, 2.05) is 30.7 Å². The number of nitrogens with one attached hydrogen (secondary N) is 1. The van der Waals surface area contributed by atoms with Crippen LogP contribution < -0.4 is 5.32 Å². The topological polar surface area (TPSA) is 29.9 Å². The molecule has 0 saturated carbocycles. The second kappa shape index (κ2) is 5.76. The van der Waals surface area contributed by atoms with Crippen molar-refractivity contribution in [1.82, 2.24) is 14.9 Å². The number of aromatic nitrogens is 2. The van der Waals surface area contributed by atoms with Crippen molar-refractivity contribution in [2.24, 2.45) is 0 Å². The second-order valence-electron chi connectivity index (χ2n) is 5.04. The van der Waals surface area contributed by atoms with Crippen molar-refractivity contribution >= 4 is 11.6 Å². The van der Waals surface area contributed by atoms with Crippen molar-refractivity contribution in [3.05, 3.63) is 53.1 Å². The van der Waals surface area contributed by atoms with E-state index in [9.17, 15) is 0 Å². The Morgan fingerprint density at radius 3 is 3.00 bits per heavy atom. The molecule has 0 spiro atoms. The predicted molar refractivity (Wildman–Crippen MR) is 77.4 cm³/mol. The molecule has 100 valence electrons. The average molecular weight is 276 g/mol. The highest BCUT2D eigenvalue weighted by Gasteiger charge is 2.18. The van der Waals surface area contributed by atoms with Gasteiger partial charge in [0.1, 0.15) is 0 Å². The van der Waals surface area contributed by atoms with Gasteiger partial charge in [-0.15, -0.1) is 0 Å².